The molecule has 1 heterocycles. The van der Waals surface area contributed by atoms with Crippen LogP contribution in [0.5, 0.6) is 0 Å². The summed E-state index contributed by atoms with van der Waals surface area (Å²) in [5.74, 6) is -0.140. The van der Waals surface area contributed by atoms with Gasteiger partial charge in [0.05, 0.1) is 25.9 Å². The van der Waals surface area contributed by atoms with Gasteiger partial charge in [-0.25, -0.2) is 4.39 Å². The molecule has 0 radical (unpaired) electrons. The molecule has 1 saturated heterocycles. The van der Waals surface area contributed by atoms with Crippen molar-refractivity contribution < 1.29 is 13.9 Å². The number of aryl methyl sites for hydroxylation is 1. The van der Waals surface area contributed by atoms with Gasteiger partial charge in [0.1, 0.15) is 5.82 Å². The van der Waals surface area contributed by atoms with Gasteiger partial charge >= 0.3 is 0 Å². The van der Waals surface area contributed by atoms with Crippen LogP contribution in [-0.4, -0.2) is 32.5 Å². The van der Waals surface area contributed by atoms with Crippen molar-refractivity contribution in [3.8, 4) is 0 Å². The summed E-state index contributed by atoms with van der Waals surface area (Å²) in [6.07, 6.45) is 2.13. The lowest BCUT2D eigenvalue weighted by Gasteiger charge is -2.25. The van der Waals surface area contributed by atoms with E-state index in [4.69, 9.17) is 9.47 Å². The maximum absolute atomic E-state index is 13.1. The molecule has 1 aliphatic carbocycles. The van der Waals surface area contributed by atoms with Crippen LogP contribution in [0.2, 0.25) is 0 Å². The highest BCUT2D eigenvalue weighted by Gasteiger charge is 2.24. The van der Waals surface area contributed by atoms with Crippen molar-refractivity contribution in [2.24, 2.45) is 0 Å². The Balaban J connectivity index is 1.59. The number of fused-ring (bicyclic) bond motifs is 1. The lowest BCUT2D eigenvalue weighted by molar-refractivity contribution is -0.0870. The van der Waals surface area contributed by atoms with E-state index in [0.717, 1.165) is 24.9 Å². The molecule has 4 heteroatoms. The quantitative estimate of drug-likeness (QED) is 0.889. The Morgan fingerprint density at radius 3 is 3.11 bits per heavy atom. The molecule has 0 spiro atoms. The largest absolute Gasteiger partial charge is 0.376 e. The van der Waals surface area contributed by atoms with E-state index >= 15 is 0 Å². The van der Waals surface area contributed by atoms with Crippen LogP contribution in [-0.2, 0) is 15.9 Å². The molecule has 3 nitrogen and oxygen atoms in total. The number of rotatable bonds is 3. The van der Waals surface area contributed by atoms with Gasteiger partial charge in [-0.3, -0.25) is 0 Å². The summed E-state index contributed by atoms with van der Waals surface area (Å²) in [5.41, 5.74) is 2.36. The molecule has 1 aromatic carbocycles. The Morgan fingerprint density at radius 2 is 2.28 bits per heavy atom. The molecule has 1 fully saturated rings. The van der Waals surface area contributed by atoms with Crippen molar-refractivity contribution in [3.05, 3.63) is 35.1 Å². The predicted octanol–water partition coefficient (Wildman–Crippen LogP) is 1.82. The van der Waals surface area contributed by atoms with Gasteiger partial charge in [-0.1, -0.05) is 6.07 Å². The second kappa shape index (κ2) is 5.34. The first-order valence-corrected chi connectivity index (χ1v) is 6.54. The minimum atomic E-state index is -0.140. The fourth-order valence-electron chi connectivity index (χ4n) is 2.73. The molecule has 3 rings (SSSR count). The number of halogens is 1. The van der Waals surface area contributed by atoms with E-state index in [-0.39, 0.29) is 11.9 Å². The van der Waals surface area contributed by atoms with Crippen LogP contribution in [0.15, 0.2) is 18.2 Å². The molecule has 18 heavy (non-hydrogen) atoms. The normalized spacial score (nSPS) is 27.2. The minimum Gasteiger partial charge on any atom is -0.376 e. The topological polar surface area (TPSA) is 30.5 Å². The minimum absolute atomic E-state index is 0.140. The summed E-state index contributed by atoms with van der Waals surface area (Å²) in [5, 5.41) is 3.50. The highest BCUT2D eigenvalue weighted by atomic mass is 19.1. The predicted molar refractivity (Wildman–Crippen MR) is 66.0 cm³/mol. The fraction of sp³-hybridized carbons (Fsp3) is 0.571. The number of nitrogens with one attached hydrogen (secondary N) is 1. The van der Waals surface area contributed by atoms with Crippen molar-refractivity contribution in [2.75, 3.05) is 26.4 Å². The third-order valence-corrected chi connectivity index (χ3v) is 3.66. The van der Waals surface area contributed by atoms with Crippen LogP contribution in [0.3, 0.4) is 0 Å². The zero-order valence-electron chi connectivity index (χ0n) is 10.3. The van der Waals surface area contributed by atoms with Gasteiger partial charge in [0.15, 0.2) is 0 Å². The Bertz CT molecular complexity index is 418. The SMILES string of the molecule is Fc1ccc2c(c1)CCC2NCC1COCCO1. The zero-order chi connectivity index (χ0) is 12.4. The van der Waals surface area contributed by atoms with Gasteiger partial charge in [-0.05, 0) is 36.1 Å². The van der Waals surface area contributed by atoms with Crippen LogP contribution < -0.4 is 5.32 Å². The summed E-state index contributed by atoms with van der Waals surface area (Å²) in [7, 11) is 0. The van der Waals surface area contributed by atoms with E-state index < -0.39 is 0 Å². The van der Waals surface area contributed by atoms with Crippen molar-refractivity contribution in [2.45, 2.75) is 25.0 Å². The van der Waals surface area contributed by atoms with Crippen LogP contribution in [0.1, 0.15) is 23.6 Å². The second-order valence-electron chi connectivity index (χ2n) is 4.91. The monoisotopic (exact) mass is 251 g/mol. The van der Waals surface area contributed by atoms with E-state index in [1.54, 1.807) is 12.1 Å². The Hall–Kier alpha value is -0.970. The molecule has 98 valence electrons. The van der Waals surface area contributed by atoms with Crippen LogP contribution in [0, 0.1) is 5.82 Å². The van der Waals surface area contributed by atoms with Crippen molar-refractivity contribution in [1.29, 1.82) is 0 Å². The number of hydrogen-bond donors (Lipinski definition) is 1. The molecule has 2 atom stereocenters. The van der Waals surface area contributed by atoms with Crippen molar-refractivity contribution in [1.82, 2.24) is 5.32 Å². The summed E-state index contributed by atoms with van der Waals surface area (Å²) in [6.45, 7) is 2.83. The third kappa shape index (κ3) is 2.55. The molecular formula is C14H18FNO2. The molecule has 2 unspecified atom stereocenters. The van der Waals surface area contributed by atoms with Crippen LogP contribution in [0.25, 0.3) is 0 Å². The van der Waals surface area contributed by atoms with Crippen LogP contribution in [0.4, 0.5) is 4.39 Å². The smallest absolute Gasteiger partial charge is 0.123 e. The Morgan fingerprint density at radius 1 is 1.33 bits per heavy atom. The van der Waals surface area contributed by atoms with Gasteiger partial charge in [-0.15, -0.1) is 0 Å². The molecule has 0 saturated carbocycles. The highest BCUT2D eigenvalue weighted by molar-refractivity contribution is 5.34. The molecule has 0 bridgehead atoms. The van der Waals surface area contributed by atoms with E-state index in [9.17, 15) is 4.39 Å². The number of ether oxygens (including phenoxy) is 2. The number of hydrogen-bond acceptors (Lipinski definition) is 3. The average molecular weight is 251 g/mol. The van der Waals surface area contributed by atoms with Crippen LogP contribution >= 0.6 is 0 Å². The standard InChI is InChI=1S/C14H18FNO2/c15-11-2-3-13-10(7-11)1-4-14(13)16-8-12-9-17-5-6-18-12/h2-3,7,12,14,16H,1,4-6,8-9H2. The van der Waals surface area contributed by atoms with Gasteiger partial charge in [0.25, 0.3) is 0 Å². The first-order chi connectivity index (χ1) is 8.83. The Labute approximate surface area is 106 Å². The lowest BCUT2D eigenvalue weighted by atomic mass is 10.1. The summed E-state index contributed by atoms with van der Waals surface area (Å²) in [4.78, 5) is 0. The average Bonchev–Trinajstić information content (AvgIpc) is 2.80. The maximum Gasteiger partial charge on any atom is 0.123 e. The third-order valence-electron chi connectivity index (χ3n) is 3.66. The van der Waals surface area contributed by atoms with Gasteiger partial charge in [0, 0.05) is 12.6 Å². The van der Waals surface area contributed by atoms with Gasteiger partial charge in [-0.2, -0.15) is 0 Å². The van der Waals surface area contributed by atoms with Crippen molar-refractivity contribution >= 4 is 0 Å². The second-order valence-corrected chi connectivity index (χ2v) is 4.91. The summed E-state index contributed by atoms with van der Waals surface area (Å²) in [6, 6.07) is 5.41. The molecule has 1 aromatic rings. The molecule has 2 aliphatic rings. The highest BCUT2D eigenvalue weighted by Crippen LogP contribution is 2.31. The van der Waals surface area contributed by atoms with Crippen molar-refractivity contribution in [3.63, 3.8) is 0 Å². The van der Waals surface area contributed by atoms with Gasteiger partial charge < -0.3 is 14.8 Å². The van der Waals surface area contributed by atoms with E-state index in [1.165, 1.54) is 5.56 Å². The Kier molecular flexibility index (Phi) is 3.59. The molecule has 0 aromatic heterocycles. The maximum atomic E-state index is 13.1. The van der Waals surface area contributed by atoms with E-state index in [1.807, 2.05) is 6.07 Å². The molecule has 0 amide bonds. The molecular weight excluding hydrogens is 233 g/mol. The lowest BCUT2D eigenvalue weighted by Crippen LogP contribution is -2.38. The van der Waals surface area contributed by atoms with E-state index in [2.05, 4.69) is 5.32 Å². The number of benzene rings is 1. The fourth-order valence-corrected chi connectivity index (χ4v) is 2.73. The summed E-state index contributed by atoms with van der Waals surface area (Å²) < 4.78 is 24.1. The van der Waals surface area contributed by atoms with Gasteiger partial charge in [0.2, 0.25) is 0 Å². The molecule has 1 aliphatic heterocycles. The zero-order valence-corrected chi connectivity index (χ0v) is 10.3. The first kappa shape index (κ1) is 12.1. The van der Waals surface area contributed by atoms with E-state index in [0.29, 0.717) is 25.9 Å². The molecule has 1 N–H and O–H groups in total. The first-order valence-electron chi connectivity index (χ1n) is 6.54. The summed E-state index contributed by atoms with van der Waals surface area (Å²) >= 11 is 0.